The second-order valence-electron chi connectivity index (χ2n) is 6.78. The van der Waals surface area contributed by atoms with Gasteiger partial charge in [0, 0.05) is 6.07 Å². The van der Waals surface area contributed by atoms with Gasteiger partial charge >= 0.3 is 5.97 Å². The van der Waals surface area contributed by atoms with E-state index < -0.39 is 11.4 Å². The molecule has 1 aromatic heterocycles. The Labute approximate surface area is 187 Å². The smallest absolute Gasteiger partial charge is 0.343 e. The van der Waals surface area contributed by atoms with Crippen molar-refractivity contribution in [1.29, 1.82) is 0 Å². The molecule has 9 heteroatoms. The van der Waals surface area contributed by atoms with E-state index in [4.69, 9.17) is 23.8 Å². The fraction of sp³-hybridized carbons (Fsp3) is 0.0833. The number of carbonyl (C=O) groups excluding carboxylic acids is 1. The van der Waals surface area contributed by atoms with Gasteiger partial charge in [-0.15, -0.1) is 0 Å². The number of rotatable bonds is 7. The number of esters is 1. The lowest BCUT2D eigenvalue weighted by Crippen LogP contribution is -2.11. The van der Waals surface area contributed by atoms with Gasteiger partial charge in [-0.1, -0.05) is 12.1 Å². The fourth-order valence-electron chi connectivity index (χ4n) is 3.04. The van der Waals surface area contributed by atoms with Crippen LogP contribution in [0.5, 0.6) is 23.0 Å². The van der Waals surface area contributed by atoms with Crippen LogP contribution in [0, 0.1) is 5.21 Å². The van der Waals surface area contributed by atoms with E-state index in [1.807, 2.05) is 6.92 Å². The first-order valence-corrected chi connectivity index (χ1v) is 9.90. The molecule has 0 radical (unpaired) electrons. The van der Waals surface area contributed by atoms with Crippen LogP contribution in [-0.2, 0) is 0 Å². The molecule has 1 N–H and O–H groups in total. The SMILES string of the molecule is CCOc1ccccc1Oc1coc2cc(OC(=O)c3ccc(N([O-])O)cc3)ccc2c1=O. The molecule has 0 aliphatic carbocycles. The van der Waals surface area contributed by atoms with Crippen LogP contribution in [0.2, 0.25) is 0 Å². The van der Waals surface area contributed by atoms with Crippen molar-refractivity contribution < 1.29 is 28.6 Å². The van der Waals surface area contributed by atoms with Gasteiger partial charge in [0.1, 0.15) is 17.6 Å². The predicted molar refractivity (Wildman–Crippen MR) is 119 cm³/mol. The molecule has 0 spiro atoms. The number of anilines is 1. The zero-order valence-electron chi connectivity index (χ0n) is 17.4. The average Bonchev–Trinajstić information content (AvgIpc) is 2.82. The molecule has 0 unspecified atom stereocenters. The molecule has 3 aromatic carbocycles. The minimum absolute atomic E-state index is 0.0178. The number of nitrogens with zero attached hydrogens (tertiary/aromatic N) is 1. The summed E-state index contributed by atoms with van der Waals surface area (Å²) in [6.45, 7) is 2.28. The maximum absolute atomic E-state index is 12.9. The van der Waals surface area contributed by atoms with E-state index in [2.05, 4.69) is 0 Å². The van der Waals surface area contributed by atoms with Crippen LogP contribution in [0.1, 0.15) is 17.3 Å². The summed E-state index contributed by atoms with van der Waals surface area (Å²) in [5.41, 5.74) is -0.0599. The van der Waals surface area contributed by atoms with E-state index >= 15 is 0 Å². The van der Waals surface area contributed by atoms with Gasteiger partial charge in [0.25, 0.3) is 0 Å². The molecule has 0 aliphatic heterocycles. The van der Waals surface area contributed by atoms with Crippen LogP contribution >= 0.6 is 0 Å². The van der Waals surface area contributed by atoms with Crippen molar-refractivity contribution in [2.75, 3.05) is 11.8 Å². The number of para-hydroxylation sites is 2. The molecule has 9 nitrogen and oxygen atoms in total. The van der Waals surface area contributed by atoms with E-state index in [1.54, 1.807) is 24.3 Å². The standard InChI is InChI=1S/C24H18NO8/c1-2-30-19-5-3-4-6-20(19)33-22-14-31-21-13-17(11-12-18(21)23(22)26)32-24(27)15-7-9-16(10-8-15)25(28)29/h3-14,28H,2H2,1H3/q-1. The van der Waals surface area contributed by atoms with Gasteiger partial charge in [-0.25, -0.2) is 4.79 Å². The largest absolute Gasteiger partial charge is 0.733 e. The molecule has 0 atom stereocenters. The minimum Gasteiger partial charge on any atom is -0.733 e. The third-order valence-electron chi connectivity index (χ3n) is 4.62. The number of ether oxygens (including phenoxy) is 3. The molecule has 4 rings (SSSR count). The highest BCUT2D eigenvalue weighted by atomic mass is 16.8. The second kappa shape index (κ2) is 9.43. The van der Waals surface area contributed by atoms with Crippen molar-refractivity contribution in [3.05, 3.63) is 94.0 Å². The quantitative estimate of drug-likeness (QED) is 0.239. The van der Waals surface area contributed by atoms with Crippen molar-refractivity contribution in [3.8, 4) is 23.0 Å². The van der Waals surface area contributed by atoms with E-state index in [0.29, 0.717) is 18.1 Å². The summed E-state index contributed by atoms with van der Waals surface area (Å²) < 4.78 is 22.1. The van der Waals surface area contributed by atoms with Gasteiger partial charge in [-0.3, -0.25) is 10.0 Å². The van der Waals surface area contributed by atoms with Gasteiger partial charge in [0.15, 0.2) is 11.5 Å². The Kier molecular flexibility index (Phi) is 6.25. The van der Waals surface area contributed by atoms with Crippen LogP contribution in [0.4, 0.5) is 5.69 Å². The Morgan fingerprint density at radius 1 is 1.03 bits per heavy atom. The molecular weight excluding hydrogens is 430 g/mol. The van der Waals surface area contributed by atoms with Crippen molar-refractivity contribution in [1.82, 2.24) is 0 Å². The normalized spacial score (nSPS) is 10.6. The molecule has 33 heavy (non-hydrogen) atoms. The second-order valence-corrected chi connectivity index (χ2v) is 6.78. The van der Waals surface area contributed by atoms with Crippen LogP contribution < -0.4 is 24.9 Å². The summed E-state index contributed by atoms with van der Waals surface area (Å²) in [6, 6.07) is 16.5. The van der Waals surface area contributed by atoms with Crippen LogP contribution in [0.25, 0.3) is 11.0 Å². The van der Waals surface area contributed by atoms with Gasteiger partial charge in [0.2, 0.25) is 11.2 Å². The molecule has 4 aromatic rings. The van der Waals surface area contributed by atoms with Crippen molar-refractivity contribution >= 4 is 22.6 Å². The maximum atomic E-state index is 12.9. The van der Waals surface area contributed by atoms with E-state index in [0.717, 1.165) is 0 Å². The lowest BCUT2D eigenvalue weighted by atomic mass is 10.2. The first-order valence-electron chi connectivity index (χ1n) is 9.90. The molecular formula is C24H18NO8-. The minimum atomic E-state index is -0.689. The van der Waals surface area contributed by atoms with Crippen molar-refractivity contribution in [2.45, 2.75) is 6.92 Å². The molecule has 0 saturated heterocycles. The first-order chi connectivity index (χ1) is 16.0. The Balaban J connectivity index is 1.55. The monoisotopic (exact) mass is 448 g/mol. The maximum Gasteiger partial charge on any atom is 0.343 e. The Hall–Kier alpha value is -4.34. The van der Waals surface area contributed by atoms with Crippen LogP contribution in [0.15, 0.2) is 82.2 Å². The molecule has 168 valence electrons. The zero-order valence-corrected chi connectivity index (χ0v) is 17.4. The van der Waals surface area contributed by atoms with Gasteiger partial charge in [-0.05, 0) is 55.5 Å². The Bertz CT molecular complexity index is 1340. The number of hydrogen-bond donors (Lipinski definition) is 1. The molecule has 1 heterocycles. The van der Waals surface area contributed by atoms with Crippen molar-refractivity contribution in [3.63, 3.8) is 0 Å². The highest BCUT2D eigenvalue weighted by molar-refractivity contribution is 5.92. The molecule has 0 bridgehead atoms. The van der Waals surface area contributed by atoms with E-state index in [1.165, 1.54) is 48.7 Å². The lowest BCUT2D eigenvalue weighted by molar-refractivity contribution is 0.0735. The highest BCUT2D eigenvalue weighted by Gasteiger charge is 2.14. The number of carbonyl (C=O) groups is 1. The number of hydrogen-bond acceptors (Lipinski definition) is 9. The highest BCUT2D eigenvalue weighted by Crippen LogP contribution is 2.31. The summed E-state index contributed by atoms with van der Waals surface area (Å²) in [4.78, 5) is 25.2. The molecule has 0 aliphatic rings. The topological polar surface area (TPSA) is 122 Å². The average molecular weight is 448 g/mol. The van der Waals surface area contributed by atoms with Gasteiger partial charge in [0.05, 0.1) is 23.2 Å². The summed E-state index contributed by atoms with van der Waals surface area (Å²) in [6.07, 6.45) is 1.18. The van der Waals surface area contributed by atoms with E-state index in [9.17, 15) is 14.8 Å². The van der Waals surface area contributed by atoms with Gasteiger partial charge in [-0.2, -0.15) is 0 Å². The Morgan fingerprint density at radius 2 is 1.76 bits per heavy atom. The van der Waals surface area contributed by atoms with E-state index in [-0.39, 0.29) is 38.9 Å². The van der Waals surface area contributed by atoms with Crippen LogP contribution in [0.3, 0.4) is 0 Å². The zero-order chi connectivity index (χ0) is 23.4. The predicted octanol–water partition coefficient (Wildman–Crippen LogP) is 4.90. The molecule has 0 fully saturated rings. The Morgan fingerprint density at radius 3 is 2.45 bits per heavy atom. The van der Waals surface area contributed by atoms with Gasteiger partial charge < -0.3 is 29.1 Å². The van der Waals surface area contributed by atoms with Crippen molar-refractivity contribution in [2.24, 2.45) is 0 Å². The third-order valence-corrected chi connectivity index (χ3v) is 4.62. The lowest BCUT2D eigenvalue weighted by Gasteiger charge is -2.21. The summed E-state index contributed by atoms with van der Waals surface area (Å²) in [7, 11) is 0. The van der Waals surface area contributed by atoms with Crippen LogP contribution in [-0.4, -0.2) is 17.8 Å². The first kappa shape index (κ1) is 21.9. The summed E-state index contributed by atoms with van der Waals surface area (Å²) in [5, 5.41) is 19.6. The summed E-state index contributed by atoms with van der Waals surface area (Å²) >= 11 is 0. The molecule has 0 saturated carbocycles. The fourth-order valence-corrected chi connectivity index (χ4v) is 3.04. The summed E-state index contributed by atoms with van der Waals surface area (Å²) in [5.74, 6) is 0.324. The number of fused-ring (bicyclic) bond motifs is 1. The number of benzene rings is 3. The molecule has 0 amide bonds. The third kappa shape index (κ3) is 4.79.